The van der Waals surface area contributed by atoms with Gasteiger partial charge in [-0.1, -0.05) is 41.4 Å². The summed E-state index contributed by atoms with van der Waals surface area (Å²) in [6, 6.07) is 14.5. The van der Waals surface area contributed by atoms with Crippen molar-refractivity contribution < 1.29 is 0 Å². The van der Waals surface area contributed by atoms with Gasteiger partial charge in [0.2, 0.25) is 0 Å². The van der Waals surface area contributed by atoms with Crippen molar-refractivity contribution in [3.05, 3.63) is 64.2 Å². The lowest BCUT2D eigenvalue weighted by Crippen LogP contribution is -2.39. The Balaban J connectivity index is 1.69. The second kappa shape index (κ2) is 6.04. The number of fused-ring (bicyclic) bond motifs is 1. The minimum atomic E-state index is 0.766. The normalized spacial score (nSPS) is 13.8. The van der Waals surface area contributed by atoms with Gasteiger partial charge in [-0.15, -0.1) is 0 Å². The summed E-state index contributed by atoms with van der Waals surface area (Å²) >= 11 is 11.5. The molecule has 3 rings (SSSR count). The van der Waals surface area contributed by atoms with E-state index in [1.54, 1.807) is 0 Å². The van der Waals surface area contributed by atoms with Crippen molar-refractivity contribution in [3.63, 3.8) is 0 Å². The summed E-state index contributed by atoms with van der Waals surface area (Å²) in [4.78, 5) is 2.19. The van der Waals surface area contributed by atoms with Crippen molar-refractivity contribution in [2.75, 3.05) is 11.9 Å². The molecule has 4 heteroatoms. The number of benzene rings is 2. The second-order valence-electron chi connectivity index (χ2n) is 5.39. The van der Waals surface area contributed by atoms with Gasteiger partial charge in [0.1, 0.15) is 0 Å². The van der Waals surface area contributed by atoms with Crippen LogP contribution < -0.4 is 5.32 Å². The summed E-state index contributed by atoms with van der Waals surface area (Å²) in [6.45, 7) is 3.82. The first kappa shape index (κ1) is 14.4. The number of anilines is 1. The highest BCUT2D eigenvalue weighted by Crippen LogP contribution is 2.26. The summed E-state index contributed by atoms with van der Waals surface area (Å²) < 4.78 is 0. The number of aryl methyl sites for hydroxylation is 1. The molecular formula is C17H17ClN2S. The van der Waals surface area contributed by atoms with Crippen LogP contribution in [0.1, 0.15) is 16.7 Å². The highest BCUT2D eigenvalue weighted by Gasteiger charge is 2.19. The molecule has 0 unspecified atom stereocenters. The Hall–Kier alpha value is -1.58. The third-order valence-corrected chi connectivity index (χ3v) is 4.34. The van der Waals surface area contributed by atoms with Crippen molar-refractivity contribution in [2.24, 2.45) is 0 Å². The maximum absolute atomic E-state index is 6.07. The van der Waals surface area contributed by atoms with E-state index in [0.717, 1.165) is 35.3 Å². The Labute approximate surface area is 135 Å². The van der Waals surface area contributed by atoms with Crippen molar-refractivity contribution in [2.45, 2.75) is 19.9 Å². The predicted octanol–water partition coefficient (Wildman–Crippen LogP) is 4.40. The quantitative estimate of drug-likeness (QED) is 0.845. The van der Waals surface area contributed by atoms with Crippen LogP contribution in [0.25, 0.3) is 0 Å². The Morgan fingerprint density at radius 1 is 1.19 bits per heavy atom. The first-order valence-corrected chi connectivity index (χ1v) is 7.80. The number of rotatable bonds is 3. The van der Waals surface area contributed by atoms with Crippen LogP contribution >= 0.6 is 23.8 Å². The second-order valence-corrected chi connectivity index (χ2v) is 6.21. The standard InChI is InChI=1S/C17H17ClN2S/c1-12-2-4-13(5-3-12)8-9-20-11-14-10-15(18)6-7-16(14)19-17(20)21/h2-7,10H,8-9,11H2,1H3,(H,19,21). The number of nitrogens with zero attached hydrogens (tertiary/aromatic N) is 1. The average molecular weight is 317 g/mol. The molecule has 1 N–H and O–H groups in total. The van der Waals surface area contributed by atoms with Gasteiger partial charge in [0, 0.05) is 23.8 Å². The Morgan fingerprint density at radius 3 is 2.71 bits per heavy atom. The van der Waals surface area contributed by atoms with E-state index in [2.05, 4.69) is 41.4 Å². The van der Waals surface area contributed by atoms with Gasteiger partial charge in [0.25, 0.3) is 0 Å². The van der Waals surface area contributed by atoms with E-state index in [4.69, 9.17) is 23.8 Å². The van der Waals surface area contributed by atoms with E-state index in [1.807, 2.05) is 18.2 Å². The van der Waals surface area contributed by atoms with E-state index >= 15 is 0 Å². The average Bonchev–Trinajstić information content (AvgIpc) is 2.47. The fourth-order valence-electron chi connectivity index (χ4n) is 2.49. The molecule has 0 amide bonds. The molecule has 0 aliphatic carbocycles. The Bertz CT molecular complexity index is 667. The van der Waals surface area contributed by atoms with Crippen LogP contribution in [0.15, 0.2) is 42.5 Å². The van der Waals surface area contributed by atoms with Crippen LogP contribution in [-0.2, 0) is 13.0 Å². The molecule has 0 atom stereocenters. The van der Waals surface area contributed by atoms with Crippen LogP contribution in [-0.4, -0.2) is 16.6 Å². The third-order valence-electron chi connectivity index (χ3n) is 3.75. The van der Waals surface area contributed by atoms with Gasteiger partial charge in [0.15, 0.2) is 5.11 Å². The highest BCUT2D eigenvalue weighted by atomic mass is 35.5. The summed E-state index contributed by atoms with van der Waals surface area (Å²) in [6.07, 6.45) is 0.984. The molecule has 0 fully saturated rings. The molecule has 0 aromatic heterocycles. The van der Waals surface area contributed by atoms with E-state index in [0.29, 0.717) is 0 Å². The lowest BCUT2D eigenvalue weighted by Gasteiger charge is -2.32. The molecule has 1 heterocycles. The maximum atomic E-state index is 6.07. The fourth-order valence-corrected chi connectivity index (χ4v) is 2.95. The number of thiocarbonyl (C=S) groups is 1. The van der Waals surface area contributed by atoms with E-state index < -0.39 is 0 Å². The zero-order valence-electron chi connectivity index (χ0n) is 11.9. The lowest BCUT2D eigenvalue weighted by molar-refractivity contribution is 0.417. The van der Waals surface area contributed by atoms with Gasteiger partial charge in [-0.2, -0.15) is 0 Å². The van der Waals surface area contributed by atoms with E-state index in [1.165, 1.54) is 16.7 Å². The summed E-state index contributed by atoms with van der Waals surface area (Å²) in [5, 5.41) is 4.84. The summed E-state index contributed by atoms with van der Waals surface area (Å²) in [7, 11) is 0. The third kappa shape index (κ3) is 3.36. The zero-order chi connectivity index (χ0) is 14.8. The van der Waals surface area contributed by atoms with Crippen LogP contribution in [0.5, 0.6) is 0 Å². The lowest BCUT2D eigenvalue weighted by atomic mass is 10.1. The van der Waals surface area contributed by atoms with Crippen molar-refractivity contribution in [1.29, 1.82) is 0 Å². The van der Waals surface area contributed by atoms with Crippen LogP contribution in [0.2, 0.25) is 5.02 Å². The summed E-state index contributed by atoms with van der Waals surface area (Å²) in [5.74, 6) is 0. The van der Waals surface area contributed by atoms with Gasteiger partial charge in [0.05, 0.1) is 0 Å². The van der Waals surface area contributed by atoms with Gasteiger partial charge in [-0.25, -0.2) is 0 Å². The van der Waals surface area contributed by atoms with Crippen LogP contribution in [0.4, 0.5) is 5.69 Å². The Kier molecular flexibility index (Phi) is 4.13. The number of hydrogen-bond acceptors (Lipinski definition) is 1. The summed E-state index contributed by atoms with van der Waals surface area (Å²) in [5.41, 5.74) is 4.88. The van der Waals surface area contributed by atoms with Gasteiger partial charge < -0.3 is 10.2 Å². The largest absolute Gasteiger partial charge is 0.344 e. The number of halogens is 1. The highest BCUT2D eigenvalue weighted by molar-refractivity contribution is 7.80. The molecule has 1 aliphatic rings. The number of nitrogens with one attached hydrogen (secondary N) is 1. The van der Waals surface area contributed by atoms with Crippen LogP contribution in [0.3, 0.4) is 0 Å². The Morgan fingerprint density at radius 2 is 1.95 bits per heavy atom. The van der Waals surface area contributed by atoms with Gasteiger partial charge in [-0.05, 0) is 54.9 Å². The molecule has 2 nitrogen and oxygen atoms in total. The fraction of sp³-hybridized carbons (Fsp3) is 0.235. The molecule has 0 bridgehead atoms. The molecule has 21 heavy (non-hydrogen) atoms. The SMILES string of the molecule is Cc1ccc(CCN2Cc3cc(Cl)ccc3NC2=S)cc1. The number of hydrogen-bond donors (Lipinski definition) is 1. The minimum Gasteiger partial charge on any atom is -0.344 e. The zero-order valence-corrected chi connectivity index (χ0v) is 13.5. The molecular weight excluding hydrogens is 300 g/mol. The van der Waals surface area contributed by atoms with Crippen molar-refractivity contribution in [3.8, 4) is 0 Å². The molecule has 0 spiro atoms. The van der Waals surface area contributed by atoms with Crippen molar-refractivity contribution in [1.82, 2.24) is 4.90 Å². The monoisotopic (exact) mass is 316 g/mol. The first-order valence-electron chi connectivity index (χ1n) is 7.02. The smallest absolute Gasteiger partial charge is 0.173 e. The molecule has 2 aromatic rings. The van der Waals surface area contributed by atoms with Crippen LogP contribution in [0, 0.1) is 6.92 Å². The molecule has 108 valence electrons. The molecule has 0 radical (unpaired) electrons. The molecule has 1 aliphatic heterocycles. The first-order chi connectivity index (χ1) is 10.1. The molecule has 0 saturated carbocycles. The van der Waals surface area contributed by atoms with E-state index in [-0.39, 0.29) is 0 Å². The van der Waals surface area contributed by atoms with Crippen molar-refractivity contribution >= 4 is 34.6 Å². The topological polar surface area (TPSA) is 15.3 Å². The van der Waals surface area contributed by atoms with Gasteiger partial charge in [-0.3, -0.25) is 0 Å². The van der Waals surface area contributed by atoms with E-state index in [9.17, 15) is 0 Å². The minimum absolute atomic E-state index is 0.766. The predicted molar refractivity (Wildman–Crippen MR) is 93.0 cm³/mol. The van der Waals surface area contributed by atoms with Gasteiger partial charge >= 0.3 is 0 Å². The maximum Gasteiger partial charge on any atom is 0.173 e. The molecule has 0 saturated heterocycles. The molecule has 2 aromatic carbocycles.